The summed E-state index contributed by atoms with van der Waals surface area (Å²) in [5, 5.41) is 9.58. The number of aliphatic hydroxyl groups excluding tert-OH is 1. The number of hydrogen-bond donors (Lipinski definition) is 3. The maximum atomic E-state index is 12.1. The number of aliphatic hydroxyl groups is 1. The summed E-state index contributed by atoms with van der Waals surface area (Å²) in [6.07, 6.45) is -0.110. The second-order valence-electron chi connectivity index (χ2n) is 5.17. The van der Waals surface area contributed by atoms with Gasteiger partial charge in [0.05, 0.1) is 6.10 Å². The van der Waals surface area contributed by atoms with Crippen LogP contribution < -0.4 is 9.60 Å². The monoisotopic (exact) mass is 292 g/mol. The zero-order valence-corrected chi connectivity index (χ0v) is 12.0. The van der Waals surface area contributed by atoms with E-state index in [-0.39, 0.29) is 15.1 Å². The quantitative estimate of drug-likeness (QED) is 0.740. The summed E-state index contributed by atoms with van der Waals surface area (Å²) in [5.74, 6) is 0. The zero-order valence-electron chi connectivity index (χ0n) is 10.4. The van der Waals surface area contributed by atoms with Gasteiger partial charge in [-0.05, 0) is 13.3 Å². The van der Waals surface area contributed by atoms with E-state index in [1.54, 1.807) is 20.8 Å². The van der Waals surface area contributed by atoms with Gasteiger partial charge in [-0.3, -0.25) is 4.79 Å². The van der Waals surface area contributed by atoms with E-state index in [0.717, 1.165) is 0 Å². The molecule has 8 heteroatoms. The minimum atomic E-state index is -3.70. The number of aromatic nitrogens is 1. The molecule has 1 fully saturated rings. The molecule has 1 heterocycles. The molecule has 0 saturated heterocycles. The molecule has 0 amide bonds. The summed E-state index contributed by atoms with van der Waals surface area (Å²) in [6.45, 7) is 5.16. The lowest BCUT2D eigenvalue weighted by Crippen LogP contribution is -2.61. The Morgan fingerprint density at radius 1 is 1.50 bits per heavy atom. The van der Waals surface area contributed by atoms with E-state index in [9.17, 15) is 18.3 Å². The molecule has 18 heavy (non-hydrogen) atoms. The summed E-state index contributed by atoms with van der Waals surface area (Å²) in [4.78, 5) is 13.2. The minimum absolute atomic E-state index is 0.0182. The Labute approximate surface area is 109 Å². The number of hydrogen-bond acceptors (Lipinski definition) is 5. The predicted octanol–water partition coefficient (Wildman–Crippen LogP) is 0.183. The van der Waals surface area contributed by atoms with Gasteiger partial charge in [-0.2, -0.15) is 0 Å². The highest BCUT2D eigenvalue weighted by Gasteiger charge is 2.49. The average Bonchev–Trinajstić information content (AvgIpc) is 2.58. The number of aryl methyl sites for hydroxylation is 1. The normalized spacial score (nSPS) is 26.9. The van der Waals surface area contributed by atoms with E-state index >= 15 is 0 Å². The van der Waals surface area contributed by atoms with Crippen molar-refractivity contribution in [2.75, 3.05) is 0 Å². The van der Waals surface area contributed by atoms with Gasteiger partial charge in [-0.25, -0.2) is 13.1 Å². The first-order valence-electron chi connectivity index (χ1n) is 5.54. The summed E-state index contributed by atoms with van der Waals surface area (Å²) in [7, 11) is -3.70. The zero-order chi connectivity index (χ0) is 13.7. The fourth-order valence-electron chi connectivity index (χ4n) is 1.99. The predicted molar refractivity (Wildman–Crippen MR) is 68.2 cm³/mol. The van der Waals surface area contributed by atoms with Gasteiger partial charge in [0.1, 0.15) is 0 Å². The van der Waals surface area contributed by atoms with Crippen LogP contribution in [0.2, 0.25) is 0 Å². The topological polar surface area (TPSA) is 99.3 Å². The Balaban J connectivity index is 2.24. The molecule has 2 atom stereocenters. The van der Waals surface area contributed by atoms with Crippen molar-refractivity contribution in [3.05, 3.63) is 15.4 Å². The van der Waals surface area contributed by atoms with Crippen LogP contribution in [0.25, 0.3) is 0 Å². The summed E-state index contributed by atoms with van der Waals surface area (Å²) < 4.78 is 26.8. The standard InChI is InChI=1S/C10H16N2O4S2/c1-5-8(17-9(14)11-5)18(15,16)12-6-4-7(13)10(6,2)3/h6-7,12-13H,4H2,1-3H3,(H,11,14). The third-order valence-corrected chi connectivity index (χ3v) is 6.61. The number of nitrogens with one attached hydrogen (secondary N) is 2. The van der Waals surface area contributed by atoms with Crippen molar-refractivity contribution < 1.29 is 13.5 Å². The molecule has 0 spiro atoms. The second kappa shape index (κ2) is 4.16. The van der Waals surface area contributed by atoms with Crippen molar-refractivity contribution in [3.8, 4) is 0 Å². The molecule has 1 saturated carbocycles. The number of thiazole rings is 1. The Kier molecular flexibility index (Phi) is 3.17. The first-order chi connectivity index (χ1) is 8.14. The molecule has 0 aromatic carbocycles. The lowest BCUT2D eigenvalue weighted by atomic mass is 9.65. The third kappa shape index (κ3) is 2.13. The molecule has 6 nitrogen and oxygen atoms in total. The number of H-pyrrole nitrogens is 1. The smallest absolute Gasteiger partial charge is 0.305 e. The van der Waals surface area contributed by atoms with Crippen molar-refractivity contribution in [1.82, 2.24) is 9.71 Å². The largest absolute Gasteiger partial charge is 0.392 e. The summed E-state index contributed by atoms with van der Waals surface area (Å²) >= 11 is 0.675. The highest BCUT2D eigenvalue weighted by molar-refractivity contribution is 7.91. The molecule has 2 rings (SSSR count). The second-order valence-corrected chi connectivity index (χ2v) is 8.07. The summed E-state index contributed by atoms with van der Waals surface area (Å²) in [6, 6.07) is -0.311. The van der Waals surface area contributed by atoms with Crippen LogP contribution in [-0.2, 0) is 10.0 Å². The van der Waals surface area contributed by atoms with E-state index in [4.69, 9.17) is 0 Å². The highest BCUT2D eigenvalue weighted by atomic mass is 32.2. The Hall–Kier alpha value is -0.700. The Bertz CT molecular complexity index is 614. The maximum absolute atomic E-state index is 12.1. The fourth-order valence-corrected chi connectivity index (χ4v) is 4.71. The van der Waals surface area contributed by atoms with E-state index in [1.165, 1.54) is 0 Å². The molecule has 1 aliphatic rings. The molecule has 1 aliphatic carbocycles. The number of aromatic amines is 1. The van der Waals surface area contributed by atoms with E-state index in [0.29, 0.717) is 23.5 Å². The molecule has 1 aromatic rings. The number of sulfonamides is 1. The van der Waals surface area contributed by atoms with E-state index in [1.807, 2.05) is 0 Å². The van der Waals surface area contributed by atoms with Crippen LogP contribution in [0.15, 0.2) is 9.00 Å². The van der Waals surface area contributed by atoms with Gasteiger partial charge < -0.3 is 10.1 Å². The minimum Gasteiger partial charge on any atom is -0.392 e. The van der Waals surface area contributed by atoms with E-state index < -0.39 is 21.5 Å². The molecule has 2 unspecified atom stereocenters. The Morgan fingerprint density at radius 3 is 2.50 bits per heavy atom. The molecule has 1 aromatic heterocycles. The van der Waals surface area contributed by atoms with Crippen LogP contribution >= 0.6 is 11.3 Å². The first kappa shape index (κ1) is 13.7. The number of rotatable bonds is 3. The average molecular weight is 292 g/mol. The maximum Gasteiger partial charge on any atom is 0.305 e. The van der Waals surface area contributed by atoms with Gasteiger partial charge in [0.15, 0.2) is 4.21 Å². The molecule has 0 bridgehead atoms. The van der Waals surface area contributed by atoms with Gasteiger partial charge in [0, 0.05) is 17.2 Å². The van der Waals surface area contributed by atoms with Crippen molar-refractivity contribution in [1.29, 1.82) is 0 Å². The lowest BCUT2D eigenvalue weighted by Gasteiger charge is -2.49. The van der Waals surface area contributed by atoms with Gasteiger partial charge >= 0.3 is 4.87 Å². The highest BCUT2D eigenvalue weighted by Crippen LogP contribution is 2.41. The molecule has 0 radical (unpaired) electrons. The molecular weight excluding hydrogens is 276 g/mol. The van der Waals surface area contributed by atoms with Gasteiger partial charge in [0.25, 0.3) is 10.0 Å². The van der Waals surface area contributed by atoms with Crippen molar-refractivity contribution >= 4 is 21.4 Å². The Morgan fingerprint density at radius 2 is 2.11 bits per heavy atom. The summed E-state index contributed by atoms with van der Waals surface area (Å²) in [5.41, 5.74) is -0.141. The molecule has 102 valence electrons. The third-order valence-electron chi connectivity index (χ3n) is 3.54. The van der Waals surface area contributed by atoms with Gasteiger partial charge in [-0.1, -0.05) is 25.2 Å². The van der Waals surface area contributed by atoms with Crippen molar-refractivity contribution in [3.63, 3.8) is 0 Å². The van der Waals surface area contributed by atoms with Crippen LogP contribution in [0.5, 0.6) is 0 Å². The SMILES string of the molecule is Cc1[nH]c(=O)sc1S(=O)(=O)NC1CC(O)C1(C)C. The van der Waals surface area contributed by atoms with E-state index in [2.05, 4.69) is 9.71 Å². The van der Waals surface area contributed by atoms with Crippen LogP contribution in [-0.4, -0.2) is 30.7 Å². The van der Waals surface area contributed by atoms with Crippen LogP contribution in [0.3, 0.4) is 0 Å². The van der Waals surface area contributed by atoms with Crippen molar-refractivity contribution in [2.45, 2.75) is 43.5 Å². The molecular formula is C10H16N2O4S2. The van der Waals surface area contributed by atoms with Crippen LogP contribution in [0.1, 0.15) is 26.0 Å². The van der Waals surface area contributed by atoms with Crippen molar-refractivity contribution in [2.24, 2.45) is 5.41 Å². The molecule has 3 N–H and O–H groups in total. The fraction of sp³-hybridized carbons (Fsp3) is 0.700. The lowest BCUT2D eigenvalue weighted by molar-refractivity contribution is -0.0645. The van der Waals surface area contributed by atoms with Crippen LogP contribution in [0.4, 0.5) is 0 Å². The first-order valence-corrected chi connectivity index (χ1v) is 7.84. The van der Waals surface area contributed by atoms with Gasteiger partial charge in [0.2, 0.25) is 0 Å². The molecule has 0 aliphatic heterocycles. The van der Waals surface area contributed by atoms with Gasteiger partial charge in [-0.15, -0.1) is 0 Å². The van der Waals surface area contributed by atoms with Crippen LogP contribution in [0, 0.1) is 12.3 Å².